The standard InChI is InChI=1S/C12H16N2OS/c1-4-9(13-2)12-14-10-6-5-8(15-3)7-11(10)16-12/h5-7,9,13H,4H2,1-3H3. The van der Waals surface area contributed by atoms with Gasteiger partial charge < -0.3 is 10.1 Å². The molecule has 0 radical (unpaired) electrons. The van der Waals surface area contributed by atoms with Crippen LogP contribution >= 0.6 is 11.3 Å². The van der Waals surface area contributed by atoms with E-state index in [2.05, 4.69) is 17.2 Å². The van der Waals surface area contributed by atoms with Crippen LogP contribution < -0.4 is 10.1 Å². The monoisotopic (exact) mass is 236 g/mol. The van der Waals surface area contributed by atoms with Crippen molar-refractivity contribution in [1.82, 2.24) is 10.3 Å². The average Bonchev–Trinajstić information content (AvgIpc) is 2.72. The Morgan fingerprint density at radius 1 is 1.50 bits per heavy atom. The summed E-state index contributed by atoms with van der Waals surface area (Å²) < 4.78 is 6.39. The van der Waals surface area contributed by atoms with Crippen LogP contribution in [-0.4, -0.2) is 19.1 Å². The molecule has 0 aliphatic rings. The quantitative estimate of drug-likeness (QED) is 0.886. The van der Waals surface area contributed by atoms with Gasteiger partial charge in [0.2, 0.25) is 0 Å². The van der Waals surface area contributed by atoms with E-state index in [-0.39, 0.29) is 0 Å². The molecule has 1 N–H and O–H groups in total. The second-order valence-electron chi connectivity index (χ2n) is 3.64. The van der Waals surface area contributed by atoms with Crippen LogP contribution in [0.25, 0.3) is 10.2 Å². The summed E-state index contributed by atoms with van der Waals surface area (Å²) in [4.78, 5) is 4.63. The molecule has 1 atom stereocenters. The molecule has 0 saturated carbocycles. The van der Waals surface area contributed by atoms with Crippen LogP contribution in [0.4, 0.5) is 0 Å². The van der Waals surface area contributed by atoms with Crippen molar-refractivity contribution in [2.24, 2.45) is 0 Å². The first-order valence-corrected chi connectivity index (χ1v) is 6.22. The first-order chi connectivity index (χ1) is 7.78. The fraction of sp³-hybridized carbons (Fsp3) is 0.417. The van der Waals surface area contributed by atoms with E-state index in [9.17, 15) is 0 Å². The van der Waals surface area contributed by atoms with Gasteiger partial charge in [-0.1, -0.05) is 6.92 Å². The molecule has 0 aliphatic carbocycles. The lowest BCUT2D eigenvalue weighted by Crippen LogP contribution is -2.14. The normalized spacial score (nSPS) is 12.9. The molecule has 1 aromatic carbocycles. The zero-order chi connectivity index (χ0) is 11.5. The van der Waals surface area contributed by atoms with Crippen LogP contribution in [-0.2, 0) is 0 Å². The molecule has 2 aromatic rings. The summed E-state index contributed by atoms with van der Waals surface area (Å²) in [6, 6.07) is 6.35. The van der Waals surface area contributed by atoms with Crippen molar-refractivity contribution in [3.63, 3.8) is 0 Å². The summed E-state index contributed by atoms with van der Waals surface area (Å²) in [5.41, 5.74) is 1.05. The van der Waals surface area contributed by atoms with Crippen molar-refractivity contribution in [2.45, 2.75) is 19.4 Å². The first kappa shape index (κ1) is 11.4. The van der Waals surface area contributed by atoms with Crippen LogP contribution in [0.15, 0.2) is 18.2 Å². The van der Waals surface area contributed by atoms with Gasteiger partial charge in [-0.2, -0.15) is 0 Å². The van der Waals surface area contributed by atoms with Crippen LogP contribution in [0, 0.1) is 0 Å². The van der Waals surface area contributed by atoms with E-state index in [1.165, 1.54) is 4.70 Å². The van der Waals surface area contributed by atoms with Crippen molar-refractivity contribution < 1.29 is 4.74 Å². The maximum Gasteiger partial charge on any atom is 0.120 e. The predicted molar refractivity (Wildman–Crippen MR) is 68.3 cm³/mol. The van der Waals surface area contributed by atoms with Gasteiger partial charge in [0.25, 0.3) is 0 Å². The minimum Gasteiger partial charge on any atom is -0.497 e. The maximum atomic E-state index is 5.21. The minimum absolute atomic E-state index is 0.350. The third-order valence-corrected chi connectivity index (χ3v) is 3.80. The van der Waals surface area contributed by atoms with Gasteiger partial charge in [0.1, 0.15) is 10.8 Å². The molecule has 2 rings (SSSR count). The van der Waals surface area contributed by atoms with Gasteiger partial charge in [0, 0.05) is 0 Å². The van der Waals surface area contributed by atoms with Crippen molar-refractivity contribution in [2.75, 3.05) is 14.2 Å². The van der Waals surface area contributed by atoms with E-state index < -0.39 is 0 Å². The Hall–Kier alpha value is -1.13. The number of methoxy groups -OCH3 is 1. The van der Waals surface area contributed by atoms with Gasteiger partial charge in [0.05, 0.1) is 23.4 Å². The van der Waals surface area contributed by atoms with Crippen LogP contribution in [0.2, 0.25) is 0 Å². The Morgan fingerprint density at radius 2 is 2.31 bits per heavy atom. The summed E-state index contributed by atoms with van der Waals surface area (Å²) in [7, 11) is 3.66. The van der Waals surface area contributed by atoms with E-state index in [1.54, 1.807) is 18.4 Å². The van der Waals surface area contributed by atoms with Crippen molar-refractivity contribution in [3.8, 4) is 5.75 Å². The third-order valence-electron chi connectivity index (χ3n) is 2.67. The number of rotatable bonds is 4. The molecule has 16 heavy (non-hydrogen) atoms. The van der Waals surface area contributed by atoms with E-state index >= 15 is 0 Å². The topological polar surface area (TPSA) is 34.2 Å². The smallest absolute Gasteiger partial charge is 0.120 e. The summed E-state index contributed by atoms with van der Waals surface area (Å²) >= 11 is 1.73. The largest absolute Gasteiger partial charge is 0.497 e. The number of benzene rings is 1. The number of nitrogens with zero attached hydrogens (tertiary/aromatic N) is 1. The van der Waals surface area contributed by atoms with Crippen molar-refractivity contribution in [1.29, 1.82) is 0 Å². The molecule has 3 nitrogen and oxygen atoms in total. The summed E-state index contributed by atoms with van der Waals surface area (Å²) in [5, 5.41) is 4.42. The molecule has 86 valence electrons. The number of hydrogen-bond donors (Lipinski definition) is 1. The van der Waals surface area contributed by atoms with E-state index in [0.717, 1.165) is 22.7 Å². The SMILES string of the molecule is CCC(NC)c1nc2ccc(OC)cc2s1. The summed E-state index contributed by atoms with van der Waals surface area (Å²) in [5.74, 6) is 0.889. The second kappa shape index (κ2) is 4.80. The lowest BCUT2D eigenvalue weighted by Gasteiger charge is -2.08. The summed E-state index contributed by atoms with van der Waals surface area (Å²) in [6.07, 6.45) is 1.05. The number of ether oxygens (including phenoxy) is 1. The van der Waals surface area contributed by atoms with Gasteiger partial charge >= 0.3 is 0 Å². The molecule has 1 heterocycles. The molecular weight excluding hydrogens is 220 g/mol. The highest BCUT2D eigenvalue weighted by molar-refractivity contribution is 7.18. The third kappa shape index (κ3) is 2.03. The Kier molecular flexibility index (Phi) is 3.41. The lowest BCUT2D eigenvalue weighted by molar-refractivity contribution is 0.415. The zero-order valence-electron chi connectivity index (χ0n) is 9.78. The Bertz CT molecular complexity index is 477. The van der Waals surface area contributed by atoms with Gasteiger partial charge in [-0.05, 0) is 31.7 Å². The van der Waals surface area contributed by atoms with E-state index in [4.69, 9.17) is 4.74 Å². The Balaban J connectivity index is 2.43. The molecule has 0 spiro atoms. The molecule has 0 bridgehead atoms. The molecule has 0 saturated heterocycles. The van der Waals surface area contributed by atoms with E-state index in [1.807, 2.05) is 25.2 Å². The number of aromatic nitrogens is 1. The average molecular weight is 236 g/mol. The van der Waals surface area contributed by atoms with E-state index in [0.29, 0.717) is 6.04 Å². The Labute approximate surface area is 99.5 Å². The molecule has 1 unspecified atom stereocenters. The lowest BCUT2D eigenvalue weighted by atomic mass is 10.2. The second-order valence-corrected chi connectivity index (χ2v) is 4.70. The predicted octanol–water partition coefficient (Wildman–Crippen LogP) is 2.98. The van der Waals surface area contributed by atoms with Crippen LogP contribution in [0.5, 0.6) is 5.75 Å². The molecule has 0 fully saturated rings. The molecular formula is C12H16N2OS. The van der Waals surface area contributed by atoms with Crippen molar-refractivity contribution >= 4 is 21.6 Å². The molecule has 1 aromatic heterocycles. The minimum atomic E-state index is 0.350. The van der Waals surface area contributed by atoms with Gasteiger partial charge in [-0.25, -0.2) is 4.98 Å². The fourth-order valence-corrected chi connectivity index (χ4v) is 2.89. The van der Waals surface area contributed by atoms with Crippen LogP contribution in [0.1, 0.15) is 24.4 Å². The van der Waals surface area contributed by atoms with Gasteiger partial charge in [0.15, 0.2) is 0 Å². The van der Waals surface area contributed by atoms with Gasteiger partial charge in [-0.3, -0.25) is 0 Å². The number of thiazole rings is 1. The number of nitrogens with one attached hydrogen (secondary N) is 1. The zero-order valence-corrected chi connectivity index (χ0v) is 10.6. The van der Waals surface area contributed by atoms with Gasteiger partial charge in [-0.15, -0.1) is 11.3 Å². The van der Waals surface area contributed by atoms with Crippen molar-refractivity contribution in [3.05, 3.63) is 23.2 Å². The Morgan fingerprint density at radius 3 is 2.94 bits per heavy atom. The highest BCUT2D eigenvalue weighted by Gasteiger charge is 2.12. The van der Waals surface area contributed by atoms with Crippen LogP contribution in [0.3, 0.4) is 0 Å². The number of hydrogen-bond acceptors (Lipinski definition) is 4. The number of fused-ring (bicyclic) bond motifs is 1. The first-order valence-electron chi connectivity index (χ1n) is 5.40. The maximum absolute atomic E-state index is 5.21. The summed E-state index contributed by atoms with van der Waals surface area (Å²) in [6.45, 7) is 2.16. The highest BCUT2D eigenvalue weighted by atomic mass is 32.1. The fourth-order valence-electron chi connectivity index (χ4n) is 1.70. The molecule has 0 amide bonds. The molecule has 4 heteroatoms. The molecule has 0 aliphatic heterocycles. The highest BCUT2D eigenvalue weighted by Crippen LogP contribution is 2.30.